The SMILES string of the molecule is C#CCCC(=O)Cc1ccc2nc(-c3ccccc3)c(-c3ccccc3)cc2c1. The van der Waals surface area contributed by atoms with Gasteiger partial charge in [0.1, 0.15) is 5.78 Å². The summed E-state index contributed by atoms with van der Waals surface area (Å²) in [4.78, 5) is 17.1. The van der Waals surface area contributed by atoms with Crippen LogP contribution in [0.2, 0.25) is 0 Å². The average molecular weight is 375 g/mol. The summed E-state index contributed by atoms with van der Waals surface area (Å²) in [6.07, 6.45) is 6.59. The van der Waals surface area contributed by atoms with E-state index >= 15 is 0 Å². The van der Waals surface area contributed by atoms with Gasteiger partial charge in [-0.15, -0.1) is 12.3 Å². The van der Waals surface area contributed by atoms with Crippen molar-refractivity contribution in [3.05, 3.63) is 90.5 Å². The molecule has 3 aromatic carbocycles. The molecule has 0 bridgehead atoms. The molecule has 0 saturated heterocycles. The fourth-order valence-electron chi connectivity index (χ4n) is 3.52. The minimum absolute atomic E-state index is 0.166. The van der Waals surface area contributed by atoms with E-state index in [1.165, 1.54) is 0 Å². The van der Waals surface area contributed by atoms with Crippen LogP contribution in [0.5, 0.6) is 0 Å². The number of carbonyl (C=O) groups is 1. The average Bonchev–Trinajstić information content (AvgIpc) is 2.78. The Kier molecular flexibility index (Phi) is 5.49. The van der Waals surface area contributed by atoms with E-state index in [0.717, 1.165) is 38.9 Å². The van der Waals surface area contributed by atoms with Crippen LogP contribution in [0.15, 0.2) is 84.9 Å². The van der Waals surface area contributed by atoms with Crippen molar-refractivity contribution in [2.75, 3.05) is 0 Å². The maximum Gasteiger partial charge on any atom is 0.138 e. The van der Waals surface area contributed by atoms with Crippen LogP contribution in [-0.2, 0) is 11.2 Å². The molecule has 2 heteroatoms. The summed E-state index contributed by atoms with van der Waals surface area (Å²) in [5, 5.41) is 1.03. The molecule has 0 aliphatic rings. The predicted molar refractivity (Wildman–Crippen MR) is 119 cm³/mol. The minimum Gasteiger partial charge on any atom is -0.299 e. The van der Waals surface area contributed by atoms with Crippen LogP contribution in [0.25, 0.3) is 33.3 Å². The highest BCUT2D eigenvalue weighted by molar-refractivity contribution is 5.92. The summed E-state index contributed by atoms with van der Waals surface area (Å²) >= 11 is 0. The monoisotopic (exact) mass is 375 g/mol. The van der Waals surface area contributed by atoms with E-state index in [1.54, 1.807) is 0 Å². The number of hydrogen-bond acceptors (Lipinski definition) is 2. The van der Waals surface area contributed by atoms with Crippen LogP contribution in [0, 0.1) is 12.3 Å². The van der Waals surface area contributed by atoms with E-state index in [0.29, 0.717) is 19.3 Å². The summed E-state index contributed by atoms with van der Waals surface area (Å²) in [7, 11) is 0. The van der Waals surface area contributed by atoms with E-state index < -0.39 is 0 Å². The number of terminal acetylenes is 1. The zero-order valence-electron chi connectivity index (χ0n) is 16.1. The number of aromatic nitrogens is 1. The van der Waals surface area contributed by atoms with Gasteiger partial charge in [0.2, 0.25) is 0 Å². The molecule has 4 aromatic rings. The summed E-state index contributed by atoms with van der Waals surface area (Å²) in [6, 6.07) is 28.7. The van der Waals surface area contributed by atoms with Crippen molar-refractivity contribution in [2.24, 2.45) is 0 Å². The molecular formula is C27H21NO. The summed E-state index contributed by atoms with van der Waals surface area (Å²) < 4.78 is 0. The summed E-state index contributed by atoms with van der Waals surface area (Å²) in [5.74, 6) is 2.70. The minimum atomic E-state index is 0.166. The Balaban J connectivity index is 1.81. The van der Waals surface area contributed by atoms with Gasteiger partial charge in [-0.1, -0.05) is 66.7 Å². The van der Waals surface area contributed by atoms with Crippen molar-refractivity contribution in [1.29, 1.82) is 0 Å². The highest BCUT2D eigenvalue weighted by Crippen LogP contribution is 2.33. The second-order valence-corrected chi connectivity index (χ2v) is 7.06. The summed E-state index contributed by atoms with van der Waals surface area (Å²) in [6.45, 7) is 0. The number of hydrogen-bond donors (Lipinski definition) is 0. The molecule has 1 heterocycles. The van der Waals surface area contributed by atoms with Gasteiger partial charge in [-0.05, 0) is 29.3 Å². The first-order valence-electron chi connectivity index (χ1n) is 9.74. The normalized spacial score (nSPS) is 10.6. The number of carbonyl (C=O) groups excluding carboxylic acids is 1. The zero-order valence-corrected chi connectivity index (χ0v) is 16.1. The third-order valence-corrected chi connectivity index (χ3v) is 4.96. The van der Waals surface area contributed by atoms with Crippen molar-refractivity contribution >= 4 is 16.7 Å². The van der Waals surface area contributed by atoms with Crippen LogP contribution >= 0.6 is 0 Å². The topological polar surface area (TPSA) is 30.0 Å². The Morgan fingerprint density at radius 2 is 1.55 bits per heavy atom. The fraction of sp³-hybridized carbons (Fsp3) is 0.111. The van der Waals surface area contributed by atoms with Gasteiger partial charge in [0, 0.05) is 35.8 Å². The number of pyridine rings is 1. The summed E-state index contributed by atoms with van der Waals surface area (Å²) in [5.41, 5.74) is 6.16. The molecule has 0 aliphatic carbocycles. The van der Waals surface area contributed by atoms with Gasteiger partial charge in [-0.25, -0.2) is 4.98 Å². The van der Waals surface area contributed by atoms with E-state index in [2.05, 4.69) is 42.3 Å². The Morgan fingerprint density at radius 3 is 2.24 bits per heavy atom. The number of rotatable bonds is 6. The third kappa shape index (κ3) is 4.25. The van der Waals surface area contributed by atoms with Gasteiger partial charge < -0.3 is 0 Å². The maximum atomic E-state index is 12.1. The lowest BCUT2D eigenvalue weighted by Crippen LogP contribution is -2.02. The van der Waals surface area contributed by atoms with Crippen molar-refractivity contribution in [1.82, 2.24) is 4.98 Å². The first kappa shape index (κ1) is 18.7. The van der Waals surface area contributed by atoms with Gasteiger partial charge in [-0.3, -0.25) is 4.79 Å². The highest BCUT2D eigenvalue weighted by atomic mass is 16.1. The Labute approximate surface area is 171 Å². The van der Waals surface area contributed by atoms with E-state index in [1.807, 2.05) is 48.5 Å². The molecule has 0 unspecified atom stereocenters. The van der Waals surface area contributed by atoms with Gasteiger partial charge in [-0.2, -0.15) is 0 Å². The fourth-order valence-corrected chi connectivity index (χ4v) is 3.52. The molecule has 4 rings (SSSR count). The zero-order chi connectivity index (χ0) is 20.1. The van der Waals surface area contributed by atoms with Crippen molar-refractivity contribution in [3.8, 4) is 34.7 Å². The lowest BCUT2D eigenvalue weighted by molar-refractivity contribution is -0.118. The first-order valence-corrected chi connectivity index (χ1v) is 9.74. The second-order valence-electron chi connectivity index (χ2n) is 7.06. The van der Waals surface area contributed by atoms with Gasteiger partial charge in [0.05, 0.1) is 11.2 Å². The molecule has 0 fully saturated rings. The van der Waals surface area contributed by atoms with Crippen LogP contribution < -0.4 is 0 Å². The number of benzene rings is 3. The van der Waals surface area contributed by atoms with Crippen LogP contribution in [0.4, 0.5) is 0 Å². The lowest BCUT2D eigenvalue weighted by atomic mass is 9.96. The molecule has 1 aromatic heterocycles. The number of Topliss-reactive ketones (excluding diaryl/α,β-unsaturated/α-hetero) is 1. The molecule has 0 amide bonds. The highest BCUT2D eigenvalue weighted by Gasteiger charge is 2.12. The standard InChI is InChI=1S/C27H21NO/c1-2-3-14-24(29)18-20-15-16-26-23(17-20)19-25(21-10-6-4-7-11-21)27(28-26)22-12-8-5-9-13-22/h1,4-13,15-17,19H,3,14,18H2. The van der Waals surface area contributed by atoms with Crippen LogP contribution in [-0.4, -0.2) is 10.8 Å². The van der Waals surface area contributed by atoms with Crippen molar-refractivity contribution in [2.45, 2.75) is 19.3 Å². The Hall–Kier alpha value is -3.70. The van der Waals surface area contributed by atoms with E-state index in [9.17, 15) is 4.79 Å². The quantitative estimate of drug-likeness (QED) is 0.382. The van der Waals surface area contributed by atoms with Crippen LogP contribution in [0.3, 0.4) is 0 Å². The molecule has 0 aliphatic heterocycles. The molecule has 0 N–H and O–H groups in total. The first-order chi connectivity index (χ1) is 14.2. The molecule has 140 valence electrons. The molecule has 29 heavy (non-hydrogen) atoms. The third-order valence-electron chi connectivity index (χ3n) is 4.96. The van der Waals surface area contributed by atoms with Crippen molar-refractivity contribution in [3.63, 3.8) is 0 Å². The predicted octanol–water partition coefficient (Wildman–Crippen LogP) is 6.09. The molecule has 0 radical (unpaired) electrons. The Morgan fingerprint density at radius 1 is 0.862 bits per heavy atom. The largest absolute Gasteiger partial charge is 0.299 e. The van der Waals surface area contributed by atoms with Gasteiger partial charge in [0.15, 0.2) is 0 Å². The van der Waals surface area contributed by atoms with Gasteiger partial charge >= 0.3 is 0 Å². The van der Waals surface area contributed by atoms with E-state index in [-0.39, 0.29) is 5.78 Å². The number of nitrogens with zero attached hydrogens (tertiary/aromatic N) is 1. The van der Waals surface area contributed by atoms with Gasteiger partial charge in [0.25, 0.3) is 0 Å². The maximum absolute atomic E-state index is 12.1. The molecule has 2 nitrogen and oxygen atoms in total. The molecule has 0 spiro atoms. The molecule has 0 atom stereocenters. The van der Waals surface area contributed by atoms with Crippen molar-refractivity contribution < 1.29 is 4.79 Å². The molecule has 0 saturated carbocycles. The Bertz CT molecular complexity index is 1190. The number of ketones is 1. The van der Waals surface area contributed by atoms with Crippen LogP contribution in [0.1, 0.15) is 18.4 Å². The molecular weight excluding hydrogens is 354 g/mol. The van der Waals surface area contributed by atoms with E-state index in [4.69, 9.17) is 11.4 Å². The number of fused-ring (bicyclic) bond motifs is 1. The smallest absolute Gasteiger partial charge is 0.138 e. The second kappa shape index (κ2) is 8.54. The lowest BCUT2D eigenvalue weighted by Gasteiger charge is -2.12.